The molecule has 0 spiro atoms. The Morgan fingerprint density at radius 1 is 1.00 bits per heavy atom. The van der Waals surface area contributed by atoms with Crippen molar-refractivity contribution >= 4 is 17.4 Å². The van der Waals surface area contributed by atoms with Crippen LogP contribution in [0.15, 0.2) is 54.6 Å². The lowest BCUT2D eigenvalue weighted by Gasteiger charge is -2.46. The largest absolute Gasteiger partial charge is 0.342 e. The first-order valence-electron chi connectivity index (χ1n) is 12.1. The van der Waals surface area contributed by atoms with Gasteiger partial charge in [-0.1, -0.05) is 36.8 Å². The maximum absolute atomic E-state index is 13.1. The van der Waals surface area contributed by atoms with E-state index in [-0.39, 0.29) is 36.1 Å². The number of piperidine rings is 1. The molecule has 1 amide bonds. The summed E-state index contributed by atoms with van der Waals surface area (Å²) in [6, 6.07) is 16.2. The molecule has 2 aromatic rings. The zero-order chi connectivity index (χ0) is 23.4. The van der Waals surface area contributed by atoms with Gasteiger partial charge in [-0.15, -0.1) is 0 Å². The maximum Gasteiger partial charge on any atom is 0.226 e. The Bertz CT molecular complexity index is 938. The van der Waals surface area contributed by atoms with Crippen LogP contribution in [0.25, 0.3) is 0 Å². The smallest absolute Gasteiger partial charge is 0.226 e. The second-order valence-electron chi connectivity index (χ2n) is 9.38. The lowest BCUT2D eigenvalue weighted by atomic mass is 9.80. The van der Waals surface area contributed by atoms with Gasteiger partial charge in [0.15, 0.2) is 5.78 Å². The zero-order valence-electron chi connectivity index (χ0n) is 19.6. The molecule has 1 unspecified atom stereocenters. The molecule has 6 heteroatoms. The van der Waals surface area contributed by atoms with Gasteiger partial charge in [-0.05, 0) is 62.4 Å². The van der Waals surface area contributed by atoms with Gasteiger partial charge in [0, 0.05) is 32.1 Å². The Labute approximate surface area is 196 Å². The fourth-order valence-corrected chi connectivity index (χ4v) is 4.93. The van der Waals surface area contributed by atoms with Gasteiger partial charge in [-0.2, -0.15) is 0 Å². The number of likely N-dealkylation sites (N-methyl/N-ethyl adjacent to an activating group) is 1. The van der Waals surface area contributed by atoms with Crippen LogP contribution in [0.1, 0.15) is 44.6 Å². The number of halogens is 1. The number of hydrogen-bond donors (Lipinski definition) is 0. The summed E-state index contributed by atoms with van der Waals surface area (Å²) in [5, 5.41) is 4.46. The summed E-state index contributed by atoms with van der Waals surface area (Å²) in [5.41, 5.74) is 1.86. The minimum atomic E-state index is -0.292. The normalized spacial score (nSPS) is 18.4. The van der Waals surface area contributed by atoms with Gasteiger partial charge in [0.05, 0.1) is 12.1 Å². The van der Waals surface area contributed by atoms with Gasteiger partial charge >= 0.3 is 0 Å². The van der Waals surface area contributed by atoms with Crippen LogP contribution in [0.5, 0.6) is 0 Å². The number of hydrogen-bond acceptors (Lipinski definition) is 4. The highest BCUT2D eigenvalue weighted by molar-refractivity contribution is 5.89. The molecular weight excluding hydrogens is 417 g/mol. The van der Waals surface area contributed by atoms with Crippen molar-refractivity contribution in [2.45, 2.75) is 57.5 Å². The molecule has 2 aromatic carbocycles. The zero-order valence-corrected chi connectivity index (χ0v) is 19.6. The van der Waals surface area contributed by atoms with Crippen LogP contribution in [0, 0.1) is 11.7 Å². The van der Waals surface area contributed by atoms with Crippen LogP contribution >= 0.6 is 0 Å². The van der Waals surface area contributed by atoms with Crippen LogP contribution in [0.2, 0.25) is 0 Å². The second-order valence-corrected chi connectivity index (χ2v) is 9.38. The molecular formula is C27H34FN3O2. The molecule has 1 aliphatic carbocycles. The van der Waals surface area contributed by atoms with Crippen molar-refractivity contribution in [3.63, 3.8) is 0 Å². The maximum atomic E-state index is 13.1. The number of hydrazine groups is 1. The van der Waals surface area contributed by atoms with E-state index in [0.29, 0.717) is 5.78 Å². The van der Waals surface area contributed by atoms with E-state index in [4.69, 9.17) is 0 Å². The highest BCUT2D eigenvalue weighted by Crippen LogP contribution is 2.32. The predicted molar refractivity (Wildman–Crippen MR) is 128 cm³/mol. The van der Waals surface area contributed by atoms with Gasteiger partial charge in [0.25, 0.3) is 0 Å². The van der Waals surface area contributed by atoms with E-state index in [9.17, 15) is 14.0 Å². The Morgan fingerprint density at radius 2 is 1.64 bits per heavy atom. The number of para-hydroxylation sites is 1. The number of anilines is 1. The van der Waals surface area contributed by atoms with E-state index >= 15 is 0 Å². The van der Waals surface area contributed by atoms with E-state index in [1.54, 1.807) is 12.1 Å². The third-order valence-corrected chi connectivity index (χ3v) is 7.26. The van der Waals surface area contributed by atoms with Crippen molar-refractivity contribution in [1.29, 1.82) is 0 Å². The molecule has 4 rings (SSSR count). The van der Waals surface area contributed by atoms with Gasteiger partial charge in [0.2, 0.25) is 5.91 Å². The second kappa shape index (κ2) is 10.5. The summed E-state index contributed by atoms with van der Waals surface area (Å²) in [7, 11) is 1.86. The standard InChI is InChI=1S/C27H34FN3O2/c1-20(27(33)22-7-6-8-22)31(25-9-4-3-5-10-25)30-17-15-24(16-18-30)29(2)26(32)19-21-11-13-23(28)14-12-21/h3-5,9-14,20,22,24H,6-8,15-19H2,1-2H3. The van der Waals surface area contributed by atoms with Crippen LogP contribution in [-0.4, -0.2) is 53.8 Å². The summed E-state index contributed by atoms with van der Waals surface area (Å²) in [6.45, 7) is 3.60. The van der Waals surface area contributed by atoms with Crippen molar-refractivity contribution in [1.82, 2.24) is 9.91 Å². The number of carbonyl (C=O) groups is 2. The third kappa shape index (κ3) is 5.44. The average Bonchev–Trinajstić information content (AvgIpc) is 2.80. The van der Waals surface area contributed by atoms with Crippen molar-refractivity contribution in [2.75, 3.05) is 25.1 Å². The number of benzene rings is 2. The van der Waals surface area contributed by atoms with E-state index in [1.807, 2.05) is 37.1 Å². The van der Waals surface area contributed by atoms with E-state index < -0.39 is 0 Å². The van der Waals surface area contributed by atoms with Crippen LogP contribution in [0.3, 0.4) is 0 Å². The highest BCUT2D eigenvalue weighted by Gasteiger charge is 2.36. The molecule has 176 valence electrons. The van der Waals surface area contributed by atoms with Crippen LogP contribution in [-0.2, 0) is 16.0 Å². The Morgan fingerprint density at radius 3 is 2.21 bits per heavy atom. The van der Waals surface area contributed by atoms with Gasteiger partial charge in [-0.25, -0.2) is 9.40 Å². The summed E-state index contributed by atoms with van der Waals surface area (Å²) < 4.78 is 13.1. The van der Waals surface area contributed by atoms with Crippen LogP contribution < -0.4 is 5.01 Å². The van der Waals surface area contributed by atoms with E-state index in [0.717, 1.165) is 56.4 Å². The molecule has 1 aliphatic heterocycles. The van der Waals surface area contributed by atoms with E-state index in [1.165, 1.54) is 12.1 Å². The summed E-state index contributed by atoms with van der Waals surface area (Å²) in [6.07, 6.45) is 5.14. The number of rotatable bonds is 8. The topological polar surface area (TPSA) is 43.9 Å². The molecule has 0 aromatic heterocycles. The van der Waals surface area contributed by atoms with Gasteiger partial charge in [0.1, 0.15) is 11.9 Å². The number of ketones is 1. The summed E-state index contributed by atoms with van der Waals surface area (Å²) >= 11 is 0. The fraction of sp³-hybridized carbons (Fsp3) is 0.481. The van der Waals surface area contributed by atoms with Crippen molar-refractivity contribution < 1.29 is 14.0 Å². The van der Waals surface area contributed by atoms with Crippen molar-refractivity contribution in [3.05, 3.63) is 66.0 Å². The molecule has 33 heavy (non-hydrogen) atoms. The first kappa shape index (κ1) is 23.4. The molecule has 5 nitrogen and oxygen atoms in total. The lowest BCUT2D eigenvalue weighted by Crippen LogP contribution is -2.57. The number of nitrogens with zero attached hydrogens (tertiary/aromatic N) is 3. The average molecular weight is 452 g/mol. The lowest BCUT2D eigenvalue weighted by molar-refractivity contribution is -0.132. The van der Waals surface area contributed by atoms with Gasteiger partial charge in [-0.3, -0.25) is 14.6 Å². The number of amides is 1. The molecule has 1 atom stereocenters. The first-order chi connectivity index (χ1) is 15.9. The summed E-state index contributed by atoms with van der Waals surface area (Å²) in [5.74, 6) is 0.284. The Balaban J connectivity index is 1.39. The third-order valence-electron chi connectivity index (χ3n) is 7.26. The number of Topliss-reactive ketones (excluding diaryl/α,β-unsaturated/α-hetero) is 1. The number of carbonyl (C=O) groups excluding carboxylic acids is 2. The van der Waals surface area contributed by atoms with Crippen LogP contribution in [0.4, 0.5) is 10.1 Å². The highest BCUT2D eigenvalue weighted by atomic mass is 19.1. The molecule has 0 radical (unpaired) electrons. The summed E-state index contributed by atoms with van der Waals surface area (Å²) in [4.78, 5) is 27.7. The molecule has 1 saturated carbocycles. The predicted octanol–water partition coefficient (Wildman–Crippen LogP) is 4.47. The van der Waals surface area contributed by atoms with Crippen molar-refractivity contribution in [2.24, 2.45) is 5.92 Å². The van der Waals surface area contributed by atoms with Crippen molar-refractivity contribution in [3.8, 4) is 0 Å². The first-order valence-corrected chi connectivity index (χ1v) is 12.1. The molecule has 0 N–H and O–H groups in total. The molecule has 1 heterocycles. The molecule has 2 aliphatic rings. The SMILES string of the molecule is CC(C(=O)C1CCC1)N(c1ccccc1)N1CCC(N(C)C(=O)Cc2ccc(F)cc2)CC1. The monoisotopic (exact) mass is 451 g/mol. The van der Waals surface area contributed by atoms with Gasteiger partial charge < -0.3 is 4.90 Å². The minimum Gasteiger partial charge on any atom is -0.342 e. The quantitative estimate of drug-likeness (QED) is 0.594. The Kier molecular flexibility index (Phi) is 7.43. The molecule has 2 fully saturated rings. The molecule has 0 bridgehead atoms. The Hall–Kier alpha value is -2.73. The minimum absolute atomic E-state index is 0.0495. The molecule has 1 saturated heterocycles. The fourth-order valence-electron chi connectivity index (χ4n) is 4.93. The van der Waals surface area contributed by atoms with E-state index in [2.05, 4.69) is 22.2 Å².